The number of hydrogen-bond donors (Lipinski definition) is 2. The Morgan fingerprint density at radius 2 is 1.89 bits per heavy atom. The predicted molar refractivity (Wildman–Crippen MR) is 100 cm³/mol. The maximum atomic E-state index is 12.5. The molecule has 140 valence electrons. The summed E-state index contributed by atoms with van der Waals surface area (Å²) in [5.41, 5.74) is 2.02. The van der Waals surface area contributed by atoms with E-state index >= 15 is 0 Å². The van der Waals surface area contributed by atoms with Gasteiger partial charge in [0.2, 0.25) is 5.91 Å². The van der Waals surface area contributed by atoms with Crippen LogP contribution in [0.1, 0.15) is 26.4 Å². The number of benzene rings is 2. The number of anilines is 1. The van der Waals surface area contributed by atoms with Crippen LogP contribution in [0.4, 0.5) is 11.4 Å². The van der Waals surface area contributed by atoms with Gasteiger partial charge in [-0.05, 0) is 31.2 Å². The van der Waals surface area contributed by atoms with Gasteiger partial charge < -0.3 is 10.3 Å². The number of non-ortho nitro benzene ring substituents is 1. The summed E-state index contributed by atoms with van der Waals surface area (Å²) in [5, 5.41) is 14.4. The number of aromatic amines is 1. The van der Waals surface area contributed by atoms with Crippen molar-refractivity contribution in [1.82, 2.24) is 9.88 Å². The Morgan fingerprint density at radius 1 is 1.14 bits per heavy atom. The summed E-state index contributed by atoms with van der Waals surface area (Å²) < 4.78 is 0. The van der Waals surface area contributed by atoms with Crippen LogP contribution in [-0.2, 0) is 4.79 Å². The van der Waals surface area contributed by atoms with Gasteiger partial charge >= 0.3 is 0 Å². The number of carbonyl (C=O) groups is 3. The molecular formula is C19H14N4O5. The molecule has 4 rings (SSSR count). The van der Waals surface area contributed by atoms with Crippen LogP contribution in [0.2, 0.25) is 0 Å². The van der Waals surface area contributed by atoms with E-state index in [1.54, 1.807) is 12.1 Å². The van der Waals surface area contributed by atoms with Gasteiger partial charge in [0.15, 0.2) is 0 Å². The van der Waals surface area contributed by atoms with Gasteiger partial charge in [0, 0.05) is 28.7 Å². The van der Waals surface area contributed by atoms with Crippen molar-refractivity contribution in [3.05, 3.63) is 69.4 Å². The highest BCUT2D eigenvalue weighted by Crippen LogP contribution is 2.27. The standard InChI is InChI=1S/C19H14N4O5/c1-10-7-14-15(20-10)3-2-4-16(14)21-17(24)9-22-18(25)12-6-5-11(23(27)28)8-13(12)19(22)26/h2-8,20H,9H2,1H3,(H,21,24). The molecule has 0 bridgehead atoms. The van der Waals surface area contributed by atoms with E-state index in [4.69, 9.17) is 0 Å². The molecule has 0 saturated heterocycles. The van der Waals surface area contributed by atoms with Crippen LogP contribution < -0.4 is 5.32 Å². The van der Waals surface area contributed by atoms with Gasteiger partial charge in [-0.1, -0.05) is 6.07 Å². The van der Waals surface area contributed by atoms with Crippen LogP contribution in [-0.4, -0.2) is 39.1 Å². The van der Waals surface area contributed by atoms with Crippen LogP contribution in [0.3, 0.4) is 0 Å². The van der Waals surface area contributed by atoms with Gasteiger partial charge in [0.1, 0.15) is 6.54 Å². The van der Waals surface area contributed by atoms with Gasteiger partial charge in [0.05, 0.1) is 21.7 Å². The Morgan fingerprint density at radius 3 is 2.64 bits per heavy atom. The van der Waals surface area contributed by atoms with Crippen molar-refractivity contribution in [3.63, 3.8) is 0 Å². The van der Waals surface area contributed by atoms with E-state index in [0.29, 0.717) is 5.69 Å². The Kier molecular flexibility index (Phi) is 3.92. The van der Waals surface area contributed by atoms with Crippen molar-refractivity contribution in [2.75, 3.05) is 11.9 Å². The van der Waals surface area contributed by atoms with E-state index in [0.717, 1.165) is 33.6 Å². The highest BCUT2D eigenvalue weighted by Gasteiger charge is 2.37. The molecule has 2 N–H and O–H groups in total. The smallest absolute Gasteiger partial charge is 0.270 e. The fourth-order valence-electron chi connectivity index (χ4n) is 3.27. The Labute approximate surface area is 158 Å². The lowest BCUT2D eigenvalue weighted by molar-refractivity contribution is -0.384. The van der Waals surface area contributed by atoms with E-state index < -0.39 is 29.2 Å². The molecule has 2 heterocycles. The summed E-state index contributed by atoms with van der Waals surface area (Å²) in [7, 11) is 0. The van der Waals surface area contributed by atoms with Crippen LogP contribution in [0.5, 0.6) is 0 Å². The molecule has 1 aliphatic heterocycles. The predicted octanol–water partition coefficient (Wildman–Crippen LogP) is 2.62. The molecule has 0 saturated carbocycles. The molecule has 0 unspecified atom stereocenters. The number of hydrogen-bond acceptors (Lipinski definition) is 5. The SMILES string of the molecule is Cc1cc2c(NC(=O)CN3C(=O)c4ccc([N+](=O)[O-])cc4C3=O)cccc2[nH]1. The molecular weight excluding hydrogens is 364 g/mol. The third-order valence-corrected chi connectivity index (χ3v) is 4.54. The van der Waals surface area contributed by atoms with Crippen LogP contribution in [0, 0.1) is 17.0 Å². The summed E-state index contributed by atoms with van der Waals surface area (Å²) in [6, 6.07) is 10.7. The highest BCUT2D eigenvalue weighted by atomic mass is 16.6. The van der Waals surface area contributed by atoms with Crippen LogP contribution in [0.25, 0.3) is 10.9 Å². The first-order valence-electron chi connectivity index (χ1n) is 8.38. The highest BCUT2D eigenvalue weighted by molar-refractivity contribution is 6.23. The van der Waals surface area contributed by atoms with E-state index in [1.165, 1.54) is 6.07 Å². The lowest BCUT2D eigenvalue weighted by Crippen LogP contribution is -2.37. The van der Waals surface area contributed by atoms with Crippen molar-refractivity contribution in [2.45, 2.75) is 6.92 Å². The van der Waals surface area contributed by atoms with Gasteiger partial charge in [0.25, 0.3) is 17.5 Å². The van der Waals surface area contributed by atoms with Gasteiger partial charge in [-0.2, -0.15) is 0 Å². The Hall–Kier alpha value is -4.01. The third kappa shape index (κ3) is 2.78. The number of rotatable bonds is 4. The quantitative estimate of drug-likeness (QED) is 0.410. The average Bonchev–Trinajstić information content (AvgIpc) is 3.15. The molecule has 1 aromatic heterocycles. The van der Waals surface area contributed by atoms with Crippen molar-refractivity contribution in [1.29, 1.82) is 0 Å². The summed E-state index contributed by atoms with van der Waals surface area (Å²) in [4.78, 5) is 51.6. The number of nitro benzene ring substituents is 1. The summed E-state index contributed by atoms with van der Waals surface area (Å²) >= 11 is 0. The number of carbonyl (C=O) groups excluding carboxylic acids is 3. The van der Waals surface area contributed by atoms with Crippen molar-refractivity contribution >= 4 is 40.0 Å². The molecule has 3 aromatic rings. The lowest BCUT2D eigenvalue weighted by atomic mass is 10.1. The molecule has 9 heteroatoms. The second-order valence-electron chi connectivity index (χ2n) is 6.45. The number of aryl methyl sites for hydroxylation is 1. The van der Waals surface area contributed by atoms with Gasteiger partial charge in [-0.15, -0.1) is 0 Å². The second-order valence-corrected chi connectivity index (χ2v) is 6.45. The van der Waals surface area contributed by atoms with Crippen molar-refractivity contribution in [2.24, 2.45) is 0 Å². The zero-order valence-electron chi connectivity index (χ0n) is 14.7. The van der Waals surface area contributed by atoms with E-state index in [-0.39, 0.29) is 16.8 Å². The van der Waals surface area contributed by atoms with E-state index in [2.05, 4.69) is 10.3 Å². The number of amides is 3. The second kappa shape index (κ2) is 6.31. The first-order valence-corrected chi connectivity index (χ1v) is 8.38. The molecule has 0 spiro atoms. The minimum Gasteiger partial charge on any atom is -0.359 e. The third-order valence-electron chi connectivity index (χ3n) is 4.54. The van der Waals surface area contributed by atoms with Gasteiger partial charge in [-0.3, -0.25) is 29.4 Å². The van der Waals surface area contributed by atoms with Crippen molar-refractivity contribution < 1.29 is 19.3 Å². The molecule has 0 aliphatic carbocycles. The lowest BCUT2D eigenvalue weighted by Gasteiger charge is -2.14. The largest absolute Gasteiger partial charge is 0.359 e. The number of fused-ring (bicyclic) bond motifs is 2. The monoisotopic (exact) mass is 378 g/mol. The summed E-state index contributed by atoms with van der Waals surface area (Å²) in [6.07, 6.45) is 0. The first-order chi connectivity index (χ1) is 13.3. The fourth-order valence-corrected chi connectivity index (χ4v) is 3.27. The Bertz CT molecular complexity index is 1180. The maximum absolute atomic E-state index is 12.5. The minimum atomic E-state index is -0.727. The minimum absolute atomic E-state index is 0.0479. The normalized spacial score (nSPS) is 13.1. The summed E-state index contributed by atoms with van der Waals surface area (Å²) in [5.74, 6) is -1.93. The molecule has 28 heavy (non-hydrogen) atoms. The molecule has 2 aromatic carbocycles. The average molecular weight is 378 g/mol. The van der Waals surface area contributed by atoms with Crippen LogP contribution in [0.15, 0.2) is 42.5 Å². The maximum Gasteiger partial charge on any atom is 0.270 e. The zero-order chi connectivity index (χ0) is 20.0. The summed E-state index contributed by atoms with van der Waals surface area (Å²) in [6.45, 7) is 1.41. The number of imide groups is 1. The Balaban J connectivity index is 1.55. The molecule has 9 nitrogen and oxygen atoms in total. The zero-order valence-corrected chi connectivity index (χ0v) is 14.7. The molecule has 0 radical (unpaired) electrons. The number of nitrogens with one attached hydrogen (secondary N) is 2. The van der Waals surface area contributed by atoms with Gasteiger partial charge in [-0.25, -0.2) is 0 Å². The number of nitrogens with zero attached hydrogens (tertiary/aromatic N) is 2. The van der Waals surface area contributed by atoms with E-state index in [9.17, 15) is 24.5 Å². The molecule has 1 aliphatic rings. The molecule has 0 fully saturated rings. The first kappa shape index (κ1) is 17.4. The molecule has 3 amide bonds. The topological polar surface area (TPSA) is 125 Å². The van der Waals surface area contributed by atoms with Crippen molar-refractivity contribution in [3.8, 4) is 0 Å². The number of nitro groups is 1. The van der Waals surface area contributed by atoms with E-state index in [1.807, 2.05) is 19.1 Å². The fraction of sp³-hybridized carbons (Fsp3) is 0.105. The number of H-pyrrole nitrogens is 1. The number of aromatic nitrogens is 1. The molecule has 0 atom stereocenters. The van der Waals surface area contributed by atoms with Crippen LogP contribution >= 0.6 is 0 Å².